The molecule has 0 bridgehead atoms. The molecule has 0 heterocycles. The SMILES string of the molecule is CC(C)(I)c1ccc(OC(F)(F)F)cc1. The van der Waals surface area contributed by atoms with Crippen molar-refractivity contribution in [2.45, 2.75) is 23.6 Å². The van der Waals surface area contributed by atoms with Gasteiger partial charge in [-0.1, -0.05) is 34.7 Å². The minimum Gasteiger partial charge on any atom is -0.406 e. The Morgan fingerprint density at radius 1 is 1.07 bits per heavy atom. The normalized spacial score (nSPS) is 12.7. The minimum atomic E-state index is -4.62. The second-order valence-electron chi connectivity index (χ2n) is 3.54. The van der Waals surface area contributed by atoms with Gasteiger partial charge in [-0.05, 0) is 31.5 Å². The van der Waals surface area contributed by atoms with Crippen LogP contribution in [-0.4, -0.2) is 6.36 Å². The number of hydrogen-bond acceptors (Lipinski definition) is 1. The first-order valence-electron chi connectivity index (χ1n) is 4.24. The largest absolute Gasteiger partial charge is 0.573 e. The first-order chi connectivity index (χ1) is 6.68. The van der Waals surface area contributed by atoms with Gasteiger partial charge >= 0.3 is 6.36 Å². The van der Waals surface area contributed by atoms with Crippen molar-refractivity contribution < 1.29 is 17.9 Å². The molecule has 15 heavy (non-hydrogen) atoms. The fraction of sp³-hybridized carbons (Fsp3) is 0.400. The maximum absolute atomic E-state index is 11.9. The first-order valence-corrected chi connectivity index (χ1v) is 5.31. The van der Waals surface area contributed by atoms with Gasteiger partial charge in [0.1, 0.15) is 5.75 Å². The number of rotatable bonds is 2. The minimum absolute atomic E-state index is 0.103. The molecule has 0 aliphatic rings. The van der Waals surface area contributed by atoms with Crippen molar-refractivity contribution >= 4 is 22.6 Å². The van der Waals surface area contributed by atoms with Crippen molar-refractivity contribution in [1.29, 1.82) is 0 Å². The van der Waals surface area contributed by atoms with Crippen molar-refractivity contribution in [2.24, 2.45) is 0 Å². The monoisotopic (exact) mass is 330 g/mol. The molecular weight excluding hydrogens is 320 g/mol. The number of alkyl halides is 4. The van der Waals surface area contributed by atoms with E-state index in [4.69, 9.17) is 0 Å². The summed E-state index contributed by atoms with van der Waals surface area (Å²) in [6.07, 6.45) is -4.62. The summed E-state index contributed by atoms with van der Waals surface area (Å²) < 4.78 is 39.2. The smallest absolute Gasteiger partial charge is 0.406 e. The van der Waals surface area contributed by atoms with Gasteiger partial charge in [0.25, 0.3) is 0 Å². The lowest BCUT2D eigenvalue weighted by atomic mass is 10.0. The lowest BCUT2D eigenvalue weighted by Gasteiger charge is -2.17. The van der Waals surface area contributed by atoms with Gasteiger partial charge in [-0.15, -0.1) is 13.2 Å². The molecule has 0 N–H and O–H groups in total. The Balaban J connectivity index is 2.82. The summed E-state index contributed by atoms with van der Waals surface area (Å²) in [6.45, 7) is 3.96. The lowest BCUT2D eigenvalue weighted by molar-refractivity contribution is -0.274. The van der Waals surface area contributed by atoms with Crippen LogP contribution in [0.4, 0.5) is 13.2 Å². The van der Waals surface area contributed by atoms with Crippen LogP contribution in [0.25, 0.3) is 0 Å². The summed E-state index contributed by atoms with van der Waals surface area (Å²) in [5.41, 5.74) is 0.956. The molecule has 1 aromatic carbocycles. The van der Waals surface area contributed by atoms with E-state index in [-0.39, 0.29) is 9.17 Å². The summed E-state index contributed by atoms with van der Waals surface area (Å²) in [7, 11) is 0. The van der Waals surface area contributed by atoms with Gasteiger partial charge in [0.2, 0.25) is 0 Å². The highest BCUT2D eigenvalue weighted by Crippen LogP contribution is 2.32. The third-order valence-corrected chi connectivity index (χ3v) is 2.40. The van der Waals surface area contributed by atoms with Gasteiger partial charge in [-0.25, -0.2) is 0 Å². The van der Waals surface area contributed by atoms with E-state index in [1.807, 2.05) is 13.8 Å². The quantitative estimate of drug-likeness (QED) is 0.582. The summed E-state index contributed by atoms with van der Waals surface area (Å²) in [5.74, 6) is -0.188. The first kappa shape index (κ1) is 12.6. The Morgan fingerprint density at radius 2 is 1.53 bits per heavy atom. The van der Waals surface area contributed by atoms with E-state index in [0.717, 1.165) is 5.56 Å². The lowest BCUT2D eigenvalue weighted by Crippen LogP contribution is -2.17. The van der Waals surface area contributed by atoms with Crippen LogP contribution in [0, 0.1) is 0 Å². The van der Waals surface area contributed by atoms with Crippen LogP contribution in [0.3, 0.4) is 0 Å². The predicted molar refractivity (Wildman–Crippen MR) is 60.2 cm³/mol. The molecule has 0 saturated heterocycles. The topological polar surface area (TPSA) is 9.23 Å². The molecule has 0 spiro atoms. The fourth-order valence-corrected chi connectivity index (χ4v) is 1.41. The molecule has 0 aromatic heterocycles. The predicted octanol–water partition coefficient (Wildman–Crippen LogP) is 4.26. The van der Waals surface area contributed by atoms with Crippen LogP contribution < -0.4 is 4.74 Å². The van der Waals surface area contributed by atoms with Crippen LogP contribution >= 0.6 is 22.6 Å². The van der Waals surface area contributed by atoms with Crippen LogP contribution in [-0.2, 0) is 3.42 Å². The summed E-state index contributed by atoms with van der Waals surface area (Å²) in [5, 5.41) is 0. The Bertz CT molecular complexity index is 324. The van der Waals surface area contributed by atoms with Gasteiger partial charge in [0.15, 0.2) is 0 Å². The van der Waals surface area contributed by atoms with Gasteiger partial charge in [0.05, 0.1) is 0 Å². The molecule has 1 aromatic rings. The molecule has 0 saturated carbocycles. The molecule has 5 heteroatoms. The Morgan fingerprint density at radius 3 is 1.87 bits per heavy atom. The van der Waals surface area contributed by atoms with Crippen molar-refractivity contribution in [2.75, 3.05) is 0 Å². The van der Waals surface area contributed by atoms with E-state index in [0.29, 0.717) is 0 Å². The molecule has 0 atom stereocenters. The molecule has 84 valence electrons. The maximum atomic E-state index is 11.9. The van der Waals surface area contributed by atoms with E-state index < -0.39 is 6.36 Å². The van der Waals surface area contributed by atoms with Crippen LogP contribution in [0.1, 0.15) is 19.4 Å². The van der Waals surface area contributed by atoms with Crippen molar-refractivity contribution in [3.8, 4) is 5.75 Å². The third-order valence-electron chi connectivity index (χ3n) is 1.77. The molecule has 0 unspecified atom stereocenters. The van der Waals surface area contributed by atoms with Gasteiger partial charge < -0.3 is 4.74 Å². The standard InChI is InChI=1S/C10H10F3IO/c1-9(2,14)7-3-5-8(6-4-7)15-10(11,12)13/h3-6H,1-2H3. The number of hydrogen-bond donors (Lipinski definition) is 0. The Kier molecular flexibility index (Phi) is 3.52. The average molecular weight is 330 g/mol. The maximum Gasteiger partial charge on any atom is 0.573 e. The second-order valence-corrected chi connectivity index (χ2v) is 6.24. The zero-order valence-corrected chi connectivity index (χ0v) is 10.4. The van der Waals surface area contributed by atoms with Crippen molar-refractivity contribution in [3.63, 3.8) is 0 Å². The van der Waals surface area contributed by atoms with Gasteiger partial charge in [-0.2, -0.15) is 0 Å². The molecule has 0 fully saturated rings. The van der Waals surface area contributed by atoms with E-state index in [1.54, 1.807) is 12.1 Å². The highest BCUT2D eigenvalue weighted by atomic mass is 127. The molecule has 0 aliphatic heterocycles. The average Bonchev–Trinajstić information content (AvgIpc) is 2.00. The van der Waals surface area contributed by atoms with Crippen molar-refractivity contribution in [1.82, 2.24) is 0 Å². The van der Waals surface area contributed by atoms with E-state index in [1.165, 1.54) is 12.1 Å². The van der Waals surface area contributed by atoms with Crippen molar-refractivity contribution in [3.05, 3.63) is 29.8 Å². The molecule has 0 amide bonds. The van der Waals surface area contributed by atoms with Gasteiger partial charge in [-0.3, -0.25) is 0 Å². The zero-order chi connectivity index (χ0) is 11.7. The number of ether oxygens (including phenoxy) is 1. The summed E-state index contributed by atoms with van der Waals surface area (Å²) >= 11 is 2.22. The zero-order valence-electron chi connectivity index (χ0n) is 8.23. The summed E-state index contributed by atoms with van der Waals surface area (Å²) in [6, 6.07) is 5.91. The summed E-state index contributed by atoms with van der Waals surface area (Å²) in [4.78, 5) is 0. The Hall–Kier alpha value is -0.460. The van der Waals surface area contributed by atoms with Gasteiger partial charge in [0, 0.05) is 3.42 Å². The van der Waals surface area contributed by atoms with E-state index in [9.17, 15) is 13.2 Å². The number of benzene rings is 1. The highest BCUT2D eigenvalue weighted by molar-refractivity contribution is 14.1. The highest BCUT2D eigenvalue weighted by Gasteiger charge is 2.31. The van der Waals surface area contributed by atoms with E-state index >= 15 is 0 Å². The Labute approximate surface area is 99.8 Å². The van der Waals surface area contributed by atoms with E-state index in [2.05, 4.69) is 27.3 Å². The second kappa shape index (κ2) is 4.19. The molecular formula is C10H10F3IO. The van der Waals surface area contributed by atoms with Crippen LogP contribution in [0.2, 0.25) is 0 Å². The fourth-order valence-electron chi connectivity index (χ4n) is 1.05. The molecule has 1 nitrogen and oxygen atoms in total. The van der Waals surface area contributed by atoms with Crippen LogP contribution in [0.5, 0.6) is 5.75 Å². The molecule has 0 radical (unpaired) electrons. The molecule has 1 rings (SSSR count). The number of halogens is 4. The van der Waals surface area contributed by atoms with Crippen LogP contribution in [0.15, 0.2) is 24.3 Å². The molecule has 0 aliphatic carbocycles. The third kappa shape index (κ3) is 4.27.